The first kappa shape index (κ1) is 16.8. The van der Waals surface area contributed by atoms with Crippen LogP contribution in [0, 0.1) is 0 Å². The lowest BCUT2D eigenvalue weighted by Crippen LogP contribution is -2.25. The highest BCUT2D eigenvalue weighted by atomic mass is 35.5. The Hall–Kier alpha value is -2.68. The Bertz CT molecular complexity index is 875. The molecule has 1 saturated heterocycles. The second-order valence-electron chi connectivity index (χ2n) is 5.84. The fourth-order valence-electron chi connectivity index (χ4n) is 2.80. The molecule has 1 aromatic heterocycles. The number of nitrogens with zero attached hydrogens (tertiary/aromatic N) is 3. The zero-order chi connectivity index (χ0) is 18.3. The van der Waals surface area contributed by atoms with Crippen molar-refractivity contribution in [2.45, 2.75) is 19.1 Å². The molecule has 2 aliphatic heterocycles. The van der Waals surface area contributed by atoms with Crippen molar-refractivity contribution in [3.05, 3.63) is 35.1 Å². The third-order valence-corrected chi connectivity index (χ3v) is 4.27. The largest absolute Gasteiger partial charge is 0.586 e. The smallest absolute Gasteiger partial charge is 0.395 e. The van der Waals surface area contributed by atoms with E-state index < -0.39 is 12.2 Å². The lowest BCUT2D eigenvalue weighted by atomic mass is 10.2. The van der Waals surface area contributed by atoms with Gasteiger partial charge in [-0.1, -0.05) is 11.6 Å². The molecule has 7 nitrogen and oxygen atoms in total. The molecule has 1 aromatic carbocycles. The minimum Gasteiger partial charge on any atom is -0.395 e. The standard InChI is InChI=1S/C16H13ClF2N4O3/c17-10-8-20-15(23-5-1-2-6-23)22-13(10)14(24)21-9-3-4-11-12(7-9)26-16(18,19)25-11/h3-4,7-8H,1-2,5-6H2,(H,21,24). The molecular weight excluding hydrogens is 370 g/mol. The molecule has 0 spiro atoms. The minimum atomic E-state index is -3.72. The summed E-state index contributed by atoms with van der Waals surface area (Å²) < 4.78 is 34.8. The molecule has 3 heterocycles. The van der Waals surface area contributed by atoms with Gasteiger partial charge in [0.2, 0.25) is 5.95 Å². The number of halogens is 3. The number of nitrogens with one attached hydrogen (secondary N) is 1. The van der Waals surface area contributed by atoms with Crippen LogP contribution in [0.15, 0.2) is 24.4 Å². The fourth-order valence-corrected chi connectivity index (χ4v) is 2.98. The molecule has 10 heteroatoms. The van der Waals surface area contributed by atoms with Gasteiger partial charge in [0.25, 0.3) is 5.91 Å². The Kier molecular flexibility index (Phi) is 4.03. The van der Waals surface area contributed by atoms with E-state index in [0.29, 0.717) is 5.95 Å². The number of amides is 1. The molecule has 4 rings (SSSR count). The number of hydrogen-bond donors (Lipinski definition) is 1. The van der Waals surface area contributed by atoms with E-state index in [1.807, 2.05) is 4.90 Å². The number of carbonyl (C=O) groups excluding carboxylic acids is 1. The monoisotopic (exact) mass is 382 g/mol. The number of ether oxygens (including phenoxy) is 2. The summed E-state index contributed by atoms with van der Waals surface area (Å²) in [6, 6.07) is 3.94. The third kappa shape index (κ3) is 3.22. The van der Waals surface area contributed by atoms with Crippen LogP contribution in [-0.2, 0) is 0 Å². The molecule has 1 amide bonds. The van der Waals surface area contributed by atoms with Gasteiger partial charge in [0.1, 0.15) is 0 Å². The molecule has 0 aliphatic carbocycles. The van der Waals surface area contributed by atoms with Gasteiger partial charge >= 0.3 is 6.29 Å². The molecule has 0 saturated carbocycles. The topological polar surface area (TPSA) is 76.6 Å². The van der Waals surface area contributed by atoms with Crippen molar-refractivity contribution in [3.63, 3.8) is 0 Å². The van der Waals surface area contributed by atoms with Gasteiger partial charge in [-0.2, -0.15) is 0 Å². The van der Waals surface area contributed by atoms with Crippen molar-refractivity contribution >= 4 is 29.1 Å². The summed E-state index contributed by atoms with van der Waals surface area (Å²) in [5, 5.41) is 2.66. The number of alkyl halides is 2. The summed E-state index contributed by atoms with van der Waals surface area (Å²) in [7, 11) is 0. The van der Waals surface area contributed by atoms with E-state index in [9.17, 15) is 13.6 Å². The zero-order valence-corrected chi connectivity index (χ0v) is 14.1. The number of benzene rings is 1. The summed E-state index contributed by atoms with van der Waals surface area (Å²) in [5.74, 6) is -0.422. The van der Waals surface area contributed by atoms with E-state index >= 15 is 0 Å². The lowest BCUT2D eigenvalue weighted by molar-refractivity contribution is -0.286. The highest BCUT2D eigenvalue weighted by Crippen LogP contribution is 2.42. The van der Waals surface area contributed by atoms with Crippen molar-refractivity contribution in [1.29, 1.82) is 0 Å². The average molecular weight is 383 g/mol. The number of carbonyl (C=O) groups is 1. The van der Waals surface area contributed by atoms with Gasteiger partial charge in [0.15, 0.2) is 17.2 Å². The van der Waals surface area contributed by atoms with Crippen LogP contribution >= 0.6 is 11.6 Å². The van der Waals surface area contributed by atoms with Crippen LogP contribution in [0.25, 0.3) is 0 Å². The van der Waals surface area contributed by atoms with Gasteiger partial charge in [0.05, 0.1) is 11.2 Å². The Balaban J connectivity index is 1.55. The average Bonchev–Trinajstić information content (AvgIpc) is 3.21. The molecular formula is C16H13ClF2N4O3. The molecule has 2 aromatic rings. The number of aromatic nitrogens is 2. The minimum absolute atomic E-state index is 0.00608. The predicted molar refractivity (Wildman–Crippen MR) is 89.1 cm³/mol. The van der Waals surface area contributed by atoms with Crippen LogP contribution < -0.4 is 19.7 Å². The predicted octanol–water partition coefficient (Wildman–Crippen LogP) is 3.30. The molecule has 0 atom stereocenters. The van der Waals surface area contributed by atoms with Gasteiger partial charge < -0.3 is 19.7 Å². The summed E-state index contributed by atoms with van der Waals surface area (Å²) in [6.45, 7) is 1.64. The summed E-state index contributed by atoms with van der Waals surface area (Å²) >= 11 is 6.05. The molecule has 26 heavy (non-hydrogen) atoms. The Morgan fingerprint density at radius 2 is 1.96 bits per heavy atom. The number of fused-ring (bicyclic) bond motifs is 1. The van der Waals surface area contributed by atoms with Crippen LogP contribution in [0.4, 0.5) is 20.4 Å². The van der Waals surface area contributed by atoms with Gasteiger partial charge in [-0.25, -0.2) is 9.97 Å². The van der Waals surface area contributed by atoms with Crippen molar-refractivity contribution in [2.24, 2.45) is 0 Å². The summed E-state index contributed by atoms with van der Waals surface area (Å²) in [5.41, 5.74) is 0.249. The Labute approximate surface area is 151 Å². The molecule has 0 radical (unpaired) electrons. The first-order valence-electron chi connectivity index (χ1n) is 7.90. The second kappa shape index (κ2) is 6.24. The maximum Gasteiger partial charge on any atom is 0.586 e. The van der Waals surface area contributed by atoms with E-state index in [1.54, 1.807) is 0 Å². The van der Waals surface area contributed by atoms with Crippen LogP contribution in [0.1, 0.15) is 23.3 Å². The lowest BCUT2D eigenvalue weighted by Gasteiger charge is -2.16. The molecule has 136 valence electrons. The van der Waals surface area contributed by atoms with Crippen LogP contribution in [0.3, 0.4) is 0 Å². The van der Waals surface area contributed by atoms with Crippen molar-refractivity contribution in [1.82, 2.24) is 9.97 Å². The van der Waals surface area contributed by atoms with Crippen LogP contribution in [0.5, 0.6) is 11.5 Å². The fraction of sp³-hybridized carbons (Fsp3) is 0.312. The van der Waals surface area contributed by atoms with E-state index in [-0.39, 0.29) is 27.9 Å². The molecule has 1 N–H and O–H groups in total. The number of hydrogen-bond acceptors (Lipinski definition) is 6. The molecule has 0 unspecified atom stereocenters. The normalized spacial score (nSPS) is 17.4. The van der Waals surface area contributed by atoms with Gasteiger partial charge in [-0.3, -0.25) is 4.79 Å². The highest BCUT2D eigenvalue weighted by molar-refractivity contribution is 6.34. The molecule has 1 fully saturated rings. The van der Waals surface area contributed by atoms with Crippen molar-refractivity contribution in [2.75, 3.05) is 23.3 Å². The first-order chi connectivity index (χ1) is 12.4. The maximum absolute atomic E-state index is 13.1. The third-order valence-electron chi connectivity index (χ3n) is 3.99. The SMILES string of the molecule is O=C(Nc1ccc2c(c1)OC(F)(F)O2)c1nc(N2CCCC2)ncc1Cl. The van der Waals surface area contributed by atoms with E-state index in [4.69, 9.17) is 11.6 Å². The molecule has 2 aliphatic rings. The number of anilines is 2. The maximum atomic E-state index is 13.1. The van der Waals surface area contributed by atoms with Gasteiger partial charge in [-0.15, -0.1) is 8.78 Å². The zero-order valence-electron chi connectivity index (χ0n) is 13.3. The highest BCUT2D eigenvalue weighted by Gasteiger charge is 2.43. The van der Waals surface area contributed by atoms with Gasteiger partial charge in [0, 0.05) is 24.8 Å². The Morgan fingerprint density at radius 1 is 1.23 bits per heavy atom. The quantitative estimate of drug-likeness (QED) is 0.877. The summed E-state index contributed by atoms with van der Waals surface area (Å²) in [4.78, 5) is 22.9. The van der Waals surface area contributed by atoms with Crippen molar-refractivity contribution < 1.29 is 23.0 Å². The van der Waals surface area contributed by atoms with E-state index in [0.717, 1.165) is 25.9 Å². The summed E-state index contributed by atoms with van der Waals surface area (Å²) in [6.07, 6.45) is -0.270. The van der Waals surface area contributed by atoms with Gasteiger partial charge in [-0.05, 0) is 25.0 Å². The number of rotatable bonds is 3. The van der Waals surface area contributed by atoms with E-state index in [1.165, 1.54) is 24.4 Å². The second-order valence-corrected chi connectivity index (χ2v) is 6.25. The van der Waals surface area contributed by atoms with Crippen molar-refractivity contribution in [3.8, 4) is 11.5 Å². The van der Waals surface area contributed by atoms with Crippen LogP contribution in [0.2, 0.25) is 5.02 Å². The van der Waals surface area contributed by atoms with E-state index in [2.05, 4.69) is 24.8 Å². The first-order valence-corrected chi connectivity index (χ1v) is 8.28. The van der Waals surface area contributed by atoms with Crippen LogP contribution in [-0.4, -0.2) is 35.3 Å². The Morgan fingerprint density at radius 3 is 2.73 bits per heavy atom. The molecule has 0 bridgehead atoms.